The number of nitrogens with one attached hydrogen (secondary N) is 4. The molecule has 51 heavy (non-hydrogen) atoms. The average Bonchev–Trinajstić information content (AvgIpc) is 3.43. The normalized spacial score (nSPS) is 28.2. The Kier molecular flexibility index (Phi) is 10.4. The molecule has 0 saturated heterocycles. The Morgan fingerprint density at radius 3 is 2.41 bits per heavy atom. The van der Waals surface area contributed by atoms with Crippen molar-refractivity contribution in [1.82, 2.24) is 20.5 Å². The van der Waals surface area contributed by atoms with E-state index in [4.69, 9.17) is 4.42 Å². The number of fused-ring (bicyclic) bond motifs is 2. The van der Waals surface area contributed by atoms with Crippen LogP contribution in [-0.4, -0.2) is 52.6 Å². The number of carbonyl (C=O) groups excluding carboxylic acids is 5. The summed E-state index contributed by atoms with van der Waals surface area (Å²) in [7, 11) is 1.33. The molecular formula is C39H51N5O7. The highest BCUT2D eigenvalue weighted by atomic mass is 16.4. The molecule has 3 saturated carbocycles. The molecule has 5 atom stereocenters. The van der Waals surface area contributed by atoms with Crippen molar-refractivity contribution in [3.05, 3.63) is 57.4 Å². The molecule has 2 aromatic heterocycles. The lowest BCUT2D eigenvalue weighted by atomic mass is 9.49. The highest BCUT2D eigenvalue weighted by Crippen LogP contribution is 2.58. The number of amides is 4. The Labute approximate surface area is 298 Å². The number of rotatable bonds is 11. The first-order valence-electron chi connectivity index (χ1n) is 18.4. The molecule has 0 radical (unpaired) electrons. The van der Waals surface area contributed by atoms with E-state index in [1.807, 2.05) is 12.2 Å². The molecule has 12 heteroatoms. The van der Waals surface area contributed by atoms with Crippen LogP contribution < -0.4 is 26.8 Å². The van der Waals surface area contributed by atoms with Crippen LogP contribution >= 0.6 is 0 Å². The zero-order valence-corrected chi connectivity index (χ0v) is 30.3. The summed E-state index contributed by atoms with van der Waals surface area (Å²) >= 11 is 0. The van der Waals surface area contributed by atoms with Gasteiger partial charge in [-0.15, -0.1) is 0 Å². The maximum atomic E-state index is 13.6. The van der Waals surface area contributed by atoms with Crippen LogP contribution in [-0.2, 0) is 32.1 Å². The van der Waals surface area contributed by atoms with Crippen molar-refractivity contribution in [1.29, 1.82) is 0 Å². The SMILES string of the molecule is CNC(=O)C(=O)CCC(NC(=O)c1oc2c(c1C)CCC=C2)C(=O)Nc1cccn(CC(=O)NC2(C)CC3C(C)CC4CC(C)C(C2)C3C4)c1=O. The number of pyridine rings is 1. The highest BCUT2D eigenvalue weighted by Gasteiger charge is 2.52. The number of hydrogen-bond acceptors (Lipinski definition) is 7. The largest absolute Gasteiger partial charge is 0.451 e. The van der Waals surface area contributed by atoms with Crippen molar-refractivity contribution in [2.45, 2.75) is 104 Å². The molecular weight excluding hydrogens is 650 g/mol. The third-order valence-electron chi connectivity index (χ3n) is 12.1. The van der Waals surface area contributed by atoms with Gasteiger partial charge in [-0.2, -0.15) is 0 Å². The summed E-state index contributed by atoms with van der Waals surface area (Å²) in [4.78, 5) is 78.3. The average molecular weight is 702 g/mol. The molecule has 0 spiro atoms. The summed E-state index contributed by atoms with van der Waals surface area (Å²) in [5.41, 5.74) is 0.531. The van der Waals surface area contributed by atoms with Crippen molar-refractivity contribution < 1.29 is 28.4 Å². The van der Waals surface area contributed by atoms with Crippen molar-refractivity contribution in [2.75, 3.05) is 12.4 Å². The number of carbonyl (C=O) groups is 5. The molecule has 4 N–H and O–H groups in total. The topological polar surface area (TPSA) is 169 Å². The van der Waals surface area contributed by atoms with Crippen LogP contribution in [0, 0.1) is 42.4 Å². The molecule has 0 aromatic carbocycles. The molecule has 2 aromatic rings. The predicted molar refractivity (Wildman–Crippen MR) is 192 cm³/mol. The number of nitrogens with zero attached hydrogens (tertiary/aromatic N) is 1. The van der Waals surface area contributed by atoms with E-state index in [0.29, 0.717) is 35.0 Å². The van der Waals surface area contributed by atoms with Crippen LogP contribution in [0.1, 0.15) is 99.6 Å². The summed E-state index contributed by atoms with van der Waals surface area (Å²) in [5.74, 6) is 1.34. The Morgan fingerprint density at radius 2 is 1.75 bits per heavy atom. The molecule has 5 unspecified atom stereocenters. The first kappa shape index (κ1) is 36.3. The van der Waals surface area contributed by atoms with Gasteiger partial charge in [-0.25, -0.2) is 0 Å². The van der Waals surface area contributed by atoms with Gasteiger partial charge >= 0.3 is 0 Å². The number of anilines is 1. The number of likely N-dealkylation sites (N-methyl/N-ethyl adjacent to an activating group) is 1. The van der Waals surface area contributed by atoms with Crippen LogP contribution in [0.4, 0.5) is 5.69 Å². The zero-order valence-electron chi connectivity index (χ0n) is 30.3. The Hall–Kier alpha value is -4.48. The molecule has 4 amide bonds. The number of furan rings is 1. The van der Waals surface area contributed by atoms with E-state index in [1.54, 1.807) is 13.0 Å². The lowest BCUT2D eigenvalue weighted by molar-refractivity contribution is -0.137. The van der Waals surface area contributed by atoms with Crippen LogP contribution in [0.5, 0.6) is 0 Å². The Bertz CT molecular complexity index is 1780. The van der Waals surface area contributed by atoms with Crippen molar-refractivity contribution >= 4 is 41.2 Å². The first-order chi connectivity index (χ1) is 24.3. The fourth-order valence-corrected chi connectivity index (χ4v) is 9.69. The van der Waals surface area contributed by atoms with Crippen molar-refractivity contribution in [3.63, 3.8) is 0 Å². The van der Waals surface area contributed by atoms with Gasteiger partial charge in [0.05, 0.1) is 0 Å². The quantitative estimate of drug-likeness (QED) is 0.255. The number of aromatic nitrogens is 1. The van der Waals surface area contributed by atoms with E-state index in [9.17, 15) is 28.8 Å². The lowest BCUT2D eigenvalue weighted by Crippen LogP contribution is -2.58. The second-order valence-corrected chi connectivity index (χ2v) is 15.8. The second kappa shape index (κ2) is 14.6. The number of ketones is 1. The minimum absolute atomic E-state index is 0.0531. The summed E-state index contributed by atoms with van der Waals surface area (Å²) in [6.45, 7) is 8.42. The number of allylic oxidation sites excluding steroid dienone is 1. The molecule has 3 fully saturated rings. The first-order valence-corrected chi connectivity index (χ1v) is 18.4. The van der Waals surface area contributed by atoms with Gasteiger partial charge in [0.15, 0.2) is 5.76 Å². The highest BCUT2D eigenvalue weighted by molar-refractivity contribution is 6.36. The van der Waals surface area contributed by atoms with Crippen LogP contribution in [0.3, 0.4) is 0 Å². The number of hydrogen-bond donors (Lipinski definition) is 4. The van der Waals surface area contributed by atoms with Gasteiger partial charge in [0.25, 0.3) is 17.4 Å². The third kappa shape index (κ3) is 7.60. The minimum Gasteiger partial charge on any atom is -0.451 e. The summed E-state index contributed by atoms with van der Waals surface area (Å²) < 4.78 is 7.06. The monoisotopic (exact) mass is 701 g/mol. The van der Waals surface area contributed by atoms with Gasteiger partial charge in [0.2, 0.25) is 17.6 Å². The smallest absolute Gasteiger partial charge is 0.287 e. The van der Waals surface area contributed by atoms with Crippen LogP contribution in [0.15, 0.2) is 33.6 Å². The second-order valence-electron chi connectivity index (χ2n) is 15.8. The van der Waals surface area contributed by atoms with E-state index in [-0.39, 0.29) is 42.3 Å². The van der Waals surface area contributed by atoms with Gasteiger partial charge < -0.3 is 30.3 Å². The third-order valence-corrected chi connectivity index (χ3v) is 12.1. The summed E-state index contributed by atoms with van der Waals surface area (Å²) in [6, 6.07) is 1.70. The Balaban J connectivity index is 1.14. The van der Waals surface area contributed by atoms with Gasteiger partial charge in [-0.05, 0) is 119 Å². The molecule has 6 rings (SSSR count). The van der Waals surface area contributed by atoms with Crippen molar-refractivity contribution in [2.24, 2.45) is 35.5 Å². The molecule has 12 nitrogen and oxygen atoms in total. The standard InChI is InChI=1S/C39H51N5O7/c1-21-15-24-16-22(2)28-19-39(4,18-27(21)26(28)17-24)43-33(46)20-44-14-8-10-30(38(44)50)42-35(47)29(12-13-31(45)36(48)40-5)41-37(49)34-23(3)25-9-6-7-11-32(25)51-34/h7-8,10-11,14,21-22,24,26-29H,6,9,12-13,15-20H2,1-5H3,(H,40,48)(H,41,49)(H,42,47)(H,43,46). The van der Waals surface area contributed by atoms with E-state index in [2.05, 4.69) is 42.0 Å². The predicted octanol–water partition coefficient (Wildman–Crippen LogP) is 4.14. The fourth-order valence-electron chi connectivity index (χ4n) is 9.69. The molecule has 4 aliphatic carbocycles. The van der Waals surface area contributed by atoms with Crippen LogP contribution in [0.25, 0.3) is 6.08 Å². The maximum Gasteiger partial charge on any atom is 0.287 e. The molecule has 2 heterocycles. The number of Topliss-reactive ketones (excluding diaryl/α,β-unsaturated/α-hetero) is 1. The van der Waals surface area contributed by atoms with E-state index in [0.717, 1.165) is 43.1 Å². The van der Waals surface area contributed by atoms with Gasteiger partial charge in [-0.1, -0.05) is 19.9 Å². The molecule has 4 aliphatic rings. The zero-order chi connectivity index (χ0) is 36.6. The molecule has 274 valence electrons. The maximum absolute atomic E-state index is 13.6. The summed E-state index contributed by atoms with van der Waals surface area (Å²) in [5, 5.41) is 10.8. The van der Waals surface area contributed by atoms with Gasteiger partial charge in [0, 0.05) is 36.3 Å². The van der Waals surface area contributed by atoms with E-state index < -0.39 is 35.1 Å². The van der Waals surface area contributed by atoms with Crippen molar-refractivity contribution in [3.8, 4) is 0 Å². The lowest BCUT2D eigenvalue weighted by Gasteiger charge is -2.58. The van der Waals surface area contributed by atoms with Gasteiger partial charge in [0.1, 0.15) is 24.0 Å². The van der Waals surface area contributed by atoms with E-state index >= 15 is 0 Å². The summed E-state index contributed by atoms with van der Waals surface area (Å²) in [6.07, 6.45) is 11.9. The molecule has 0 aliphatic heterocycles. The van der Waals surface area contributed by atoms with Crippen LogP contribution in [0.2, 0.25) is 0 Å². The fraction of sp³-hybridized carbons (Fsp3) is 0.590. The minimum atomic E-state index is -1.28. The Morgan fingerprint density at radius 1 is 1.04 bits per heavy atom. The van der Waals surface area contributed by atoms with E-state index in [1.165, 1.54) is 43.1 Å². The molecule has 2 bridgehead atoms. The van der Waals surface area contributed by atoms with Gasteiger partial charge in [-0.3, -0.25) is 28.8 Å².